The summed E-state index contributed by atoms with van der Waals surface area (Å²) in [6.07, 6.45) is -1.57. The van der Waals surface area contributed by atoms with Gasteiger partial charge < -0.3 is 24.8 Å². The lowest BCUT2D eigenvalue weighted by Gasteiger charge is -2.34. The summed E-state index contributed by atoms with van der Waals surface area (Å²) in [4.78, 5) is 42.6. The van der Waals surface area contributed by atoms with E-state index in [1.165, 1.54) is 23.2 Å². The van der Waals surface area contributed by atoms with E-state index < -0.39 is 17.6 Å². The molecule has 3 aromatic heterocycles. The third-order valence-electron chi connectivity index (χ3n) is 8.87. The molecule has 48 heavy (non-hydrogen) atoms. The van der Waals surface area contributed by atoms with Crippen LogP contribution in [0.3, 0.4) is 0 Å². The number of H-pyrrole nitrogens is 1. The number of amides is 2. The Morgan fingerprint density at radius 3 is 2.56 bits per heavy atom. The van der Waals surface area contributed by atoms with Gasteiger partial charge in [-0.25, -0.2) is 9.37 Å². The van der Waals surface area contributed by atoms with Crippen molar-refractivity contribution in [1.29, 1.82) is 0 Å². The van der Waals surface area contributed by atoms with Crippen molar-refractivity contribution in [3.05, 3.63) is 82.2 Å². The largest absolute Gasteiger partial charge is 0.452 e. The van der Waals surface area contributed by atoms with Crippen LogP contribution in [0.25, 0.3) is 11.0 Å². The zero-order chi connectivity index (χ0) is 34.2. The van der Waals surface area contributed by atoms with Gasteiger partial charge in [-0.1, -0.05) is 19.1 Å². The molecule has 4 aromatic rings. The van der Waals surface area contributed by atoms with Gasteiger partial charge in [0.05, 0.1) is 35.5 Å². The Hall–Kier alpha value is -4.56. The van der Waals surface area contributed by atoms with E-state index in [0.717, 1.165) is 31.0 Å². The number of nitrogens with zero attached hydrogens (tertiary/aromatic N) is 5. The van der Waals surface area contributed by atoms with Crippen LogP contribution in [0, 0.1) is 5.82 Å². The van der Waals surface area contributed by atoms with Crippen LogP contribution in [-0.4, -0.2) is 88.3 Å². The zero-order valence-corrected chi connectivity index (χ0v) is 27.0. The molecule has 5 heterocycles. The van der Waals surface area contributed by atoms with E-state index in [4.69, 9.17) is 4.74 Å². The van der Waals surface area contributed by atoms with E-state index >= 15 is 4.39 Å². The lowest BCUT2D eigenvalue weighted by atomic mass is 9.92. The number of ether oxygens (including phenoxy) is 1. The second-order valence-electron chi connectivity index (χ2n) is 12.5. The van der Waals surface area contributed by atoms with E-state index in [1.54, 1.807) is 31.1 Å². The molecule has 1 aromatic carbocycles. The fourth-order valence-electron chi connectivity index (χ4n) is 6.32. The summed E-state index contributed by atoms with van der Waals surface area (Å²) in [6.45, 7) is 5.50. The van der Waals surface area contributed by atoms with Crippen LogP contribution in [0.5, 0.6) is 11.5 Å². The number of halogens is 4. The highest BCUT2D eigenvalue weighted by Crippen LogP contribution is 2.37. The number of hydrogen-bond donors (Lipinski definition) is 2. The molecule has 1 saturated heterocycles. The first-order chi connectivity index (χ1) is 22.9. The lowest BCUT2D eigenvalue weighted by molar-refractivity contribution is -0.138. The number of piperazine rings is 1. The summed E-state index contributed by atoms with van der Waals surface area (Å²) in [7, 11) is 3.20. The SMILES string of the molecule is CC[C@H]1CN(C(=O)Cc2ccc(CN3CCNCC3)c(C(F)(F)F)c2)Cc2cc(Oc3c(F)cnc4[nH]c(C(=O)N(C)C)cc34)cnc21. The second-order valence-corrected chi connectivity index (χ2v) is 12.5. The molecule has 6 rings (SSSR count). The van der Waals surface area contributed by atoms with Crippen LogP contribution in [0.2, 0.25) is 0 Å². The Morgan fingerprint density at radius 2 is 1.85 bits per heavy atom. The predicted molar refractivity (Wildman–Crippen MR) is 170 cm³/mol. The molecule has 1 atom stereocenters. The number of carbonyl (C=O) groups excluding carboxylic acids is 2. The number of aromatic nitrogens is 3. The molecule has 0 aliphatic carbocycles. The van der Waals surface area contributed by atoms with Crippen molar-refractivity contribution in [1.82, 2.24) is 35.0 Å². The summed E-state index contributed by atoms with van der Waals surface area (Å²) in [5, 5.41) is 3.48. The van der Waals surface area contributed by atoms with Gasteiger partial charge in [-0.05, 0) is 41.3 Å². The van der Waals surface area contributed by atoms with Gasteiger partial charge in [0.1, 0.15) is 17.1 Å². The smallest absolute Gasteiger partial charge is 0.416 e. The fourth-order valence-corrected chi connectivity index (χ4v) is 6.32. The number of aromatic amines is 1. The van der Waals surface area contributed by atoms with E-state index in [-0.39, 0.29) is 71.0 Å². The Labute approximate surface area is 275 Å². The lowest BCUT2D eigenvalue weighted by Crippen LogP contribution is -2.43. The molecule has 0 unspecified atom stereocenters. The Balaban J connectivity index is 1.22. The van der Waals surface area contributed by atoms with E-state index in [9.17, 15) is 22.8 Å². The molecule has 10 nitrogen and oxygen atoms in total. The minimum absolute atomic E-state index is 0.104. The van der Waals surface area contributed by atoms with Gasteiger partial charge in [0, 0.05) is 65.8 Å². The first kappa shape index (κ1) is 33.3. The normalized spacial score (nSPS) is 17.0. The van der Waals surface area contributed by atoms with Gasteiger partial charge in [-0.2, -0.15) is 13.2 Å². The number of fused-ring (bicyclic) bond motifs is 2. The molecule has 1 fully saturated rings. The first-order valence-corrected chi connectivity index (χ1v) is 15.9. The number of alkyl halides is 3. The Bertz CT molecular complexity index is 1840. The molecular formula is C34H37F4N7O3. The highest BCUT2D eigenvalue weighted by Gasteiger charge is 2.35. The number of hydrogen-bond acceptors (Lipinski definition) is 7. The van der Waals surface area contributed by atoms with Crippen LogP contribution < -0.4 is 10.1 Å². The molecule has 0 radical (unpaired) electrons. The van der Waals surface area contributed by atoms with Crippen LogP contribution in [0.15, 0.2) is 42.7 Å². The fraction of sp³-hybridized carbons (Fsp3) is 0.412. The zero-order valence-electron chi connectivity index (χ0n) is 27.0. The summed E-state index contributed by atoms with van der Waals surface area (Å²) in [6, 6.07) is 7.36. The third-order valence-corrected chi connectivity index (χ3v) is 8.87. The summed E-state index contributed by atoms with van der Waals surface area (Å²) >= 11 is 0. The van der Waals surface area contributed by atoms with Crippen LogP contribution in [0.1, 0.15) is 57.7 Å². The average molecular weight is 668 g/mol. The second kappa shape index (κ2) is 13.5. The molecule has 0 spiro atoms. The van der Waals surface area contributed by atoms with Gasteiger partial charge in [0.15, 0.2) is 11.6 Å². The predicted octanol–water partition coefficient (Wildman–Crippen LogP) is 5.09. The molecule has 2 aliphatic heterocycles. The summed E-state index contributed by atoms with van der Waals surface area (Å²) in [5.41, 5.74) is 1.75. The minimum atomic E-state index is -4.55. The first-order valence-electron chi connectivity index (χ1n) is 15.9. The van der Waals surface area contributed by atoms with Crippen molar-refractivity contribution >= 4 is 22.8 Å². The molecule has 0 saturated carbocycles. The highest BCUT2D eigenvalue weighted by atomic mass is 19.4. The molecule has 254 valence electrons. The summed E-state index contributed by atoms with van der Waals surface area (Å²) < 4.78 is 63.3. The van der Waals surface area contributed by atoms with Crippen molar-refractivity contribution in [3.63, 3.8) is 0 Å². The van der Waals surface area contributed by atoms with Gasteiger partial charge in [0.25, 0.3) is 5.91 Å². The van der Waals surface area contributed by atoms with Crippen molar-refractivity contribution in [2.45, 2.75) is 44.9 Å². The highest BCUT2D eigenvalue weighted by molar-refractivity contribution is 5.98. The van der Waals surface area contributed by atoms with E-state index in [1.807, 2.05) is 11.8 Å². The number of pyridine rings is 2. The Morgan fingerprint density at radius 1 is 1.08 bits per heavy atom. The van der Waals surface area contributed by atoms with Gasteiger partial charge >= 0.3 is 6.18 Å². The summed E-state index contributed by atoms with van der Waals surface area (Å²) in [5.74, 6) is -1.36. The third kappa shape index (κ3) is 6.99. The van der Waals surface area contributed by atoms with E-state index in [0.29, 0.717) is 37.2 Å². The number of benzene rings is 1. The van der Waals surface area contributed by atoms with Gasteiger partial charge in [-0.15, -0.1) is 0 Å². The monoisotopic (exact) mass is 667 g/mol. The van der Waals surface area contributed by atoms with Crippen LogP contribution in [0.4, 0.5) is 17.6 Å². The number of rotatable bonds is 8. The Kier molecular flexibility index (Phi) is 9.39. The van der Waals surface area contributed by atoms with E-state index in [2.05, 4.69) is 20.3 Å². The topological polar surface area (TPSA) is 107 Å². The molecular weight excluding hydrogens is 630 g/mol. The number of carbonyl (C=O) groups is 2. The van der Waals surface area contributed by atoms with Crippen molar-refractivity contribution in [2.24, 2.45) is 0 Å². The molecule has 2 N–H and O–H groups in total. The minimum Gasteiger partial charge on any atom is -0.452 e. The van der Waals surface area contributed by atoms with Crippen LogP contribution >= 0.6 is 0 Å². The maximum atomic E-state index is 15.0. The molecule has 2 amide bonds. The van der Waals surface area contributed by atoms with Crippen molar-refractivity contribution < 1.29 is 31.9 Å². The van der Waals surface area contributed by atoms with Crippen molar-refractivity contribution in [2.75, 3.05) is 46.8 Å². The quantitative estimate of drug-likeness (QED) is 0.252. The molecule has 2 aliphatic rings. The average Bonchev–Trinajstić information content (AvgIpc) is 3.50. The van der Waals surface area contributed by atoms with Gasteiger partial charge in [0.2, 0.25) is 5.91 Å². The maximum Gasteiger partial charge on any atom is 0.416 e. The van der Waals surface area contributed by atoms with Crippen molar-refractivity contribution in [3.8, 4) is 11.5 Å². The standard InChI is InChI=1S/C34H37F4N7O3/c1-4-21-18-45(29(46)12-20-5-6-22(26(11-20)34(36,37)38)17-44-9-7-39-8-10-44)19-23-13-24(15-40-30(21)23)48-31-25-14-28(33(47)43(2)3)42-32(25)41-16-27(31)35/h5-6,11,13-16,21,39H,4,7-10,12,17-19H2,1-3H3,(H,41,42)/t21-/m0/s1. The van der Waals surface area contributed by atoms with Gasteiger partial charge in [-0.3, -0.25) is 19.5 Å². The number of nitrogens with one attached hydrogen (secondary N) is 2. The molecule has 0 bridgehead atoms. The van der Waals surface area contributed by atoms with Crippen LogP contribution in [-0.2, 0) is 30.5 Å². The maximum absolute atomic E-state index is 15.0. The molecule has 14 heteroatoms.